The summed E-state index contributed by atoms with van der Waals surface area (Å²) in [5.74, 6) is 1.92. The van der Waals surface area contributed by atoms with Crippen molar-refractivity contribution >= 4 is 27.5 Å². The fourth-order valence-corrected chi connectivity index (χ4v) is 2.25. The average Bonchev–Trinajstić information content (AvgIpc) is 2.70. The topological polar surface area (TPSA) is 38.9 Å². The molecule has 0 aliphatic carbocycles. The molecule has 0 bridgehead atoms. The normalized spacial score (nSPS) is 11.2. The van der Waals surface area contributed by atoms with E-state index in [1.807, 2.05) is 13.0 Å². The smallest absolute Gasteiger partial charge is 0.164 e. The number of aryl methyl sites for hydroxylation is 1. The lowest BCUT2D eigenvalue weighted by atomic mass is 10.1. The van der Waals surface area contributed by atoms with E-state index in [-0.39, 0.29) is 0 Å². The Hall–Kier alpha value is -0.870. The monoisotopic (exact) mass is 328 g/mol. The zero-order valence-corrected chi connectivity index (χ0v) is 12.8. The van der Waals surface area contributed by atoms with Gasteiger partial charge in [0.1, 0.15) is 10.9 Å². The number of furan rings is 1. The van der Waals surface area contributed by atoms with E-state index in [4.69, 9.17) is 16.0 Å². The maximum absolute atomic E-state index is 6.14. The first kappa shape index (κ1) is 13.6. The SMILES string of the molecule is Cc1occc1-c1nc(Cl)c(Br)c(CC(C)C)n1. The first-order valence-electron chi connectivity index (χ1n) is 5.75. The lowest BCUT2D eigenvalue weighted by Gasteiger charge is -2.09. The summed E-state index contributed by atoms with van der Waals surface area (Å²) in [6.45, 7) is 6.17. The first-order valence-corrected chi connectivity index (χ1v) is 6.92. The van der Waals surface area contributed by atoms with Crippen molar-refractivity contribution in [2.75, 3.05) is 0 Å². The molecule has 0 aromatic carbocycles. The number of nitrogens with zero attached hydrogens (tertiary/aromatic N) is 2. The van der Waals surface area contributed by atoms with Gasteiger partial charge >= 0.3 is 0 Å². The largest absolute Gasteiger partial charge is 0.469 e. The molecule has 0 radical (unpaired) electrons. The van der Waals surface area contributed by atoms with Gasteiger partial charge in [0.2, 0.25) is 0 Å². The molecule has 0 amide bonds. The van der Waals surface area contributed by atoms with E-state index in [0.29, 0.717) is 16.9 Å². The highest BCUT2D eigenvalue weighted by Crippen LogP contribution is 2.29. The average molecular weight is 330 g/mol. The molecule has 0 aliphatic rings. The van der Waals surface area contributed by atoms with E-state index < -0.39 is 0 Å². The lowest BCUT2D eigenvalue weighted by molar-refractivity contribution is 0.535. The summed E-state index contributed by atoms with van der Waals surface area (Å²) in [6.07, 6.45) is 2.48. The predicted molar refractivity (Wildman–Crippen MR) is 75.7 cm³/mol. The summed E-state index contributed by atoms with van der Waals surface area (Å²) in [5, 5.41) is 0.441. The van der Waals surface area contributed by atoms with Crippen molar-refractivity contribution in [1.29, 1.82) is 0 Å². The van der Waals surface area contributed by atoms with Crippen molar-refractivity contribution in [1.82, 2.24) is 9.97 Å². The van der Waals surface area contributed by atoms with Gasteiger partial charge in [-0.05, 0) is 41.3 Å². The lowest BCUT2D eigenvalue weighted by Crippen LogP contribution is -2.02. The Kier molecular flexibility index (Phi) is 4.07. The Labute approximate surface area is 120 Å². The second-order valence-electron chi connectivity index (χ2n) is 4.59. The standard InChI is InChI=1S/C13H14BrClN2O/c1-7(2)6-10-11(14)12(15)17-13(16-10)9-4-5-18-8(9)3/h4-5,7H,6H2,1-3H3. The van der Waals surface area contributed by atoms with Crippen LogP contribution in [-0.4, -0.2) is 9.97 Å². The number of hydrogen-bond donors (Lipinski definition) is 0. The van der Waals surface area contributed by atoms with Crippen LogP contribution in [0.3, 0.4) is 0 Å². The molecule has 0 saturated carbocycles. The number of rotatable bonds is 3. The van der Waals surface area contributed by atoms with Crippen LogP contribution in [0.15, 0.2) is 21.2 Å². The molecule has 0 saturated heterocycles. The van der Waals surface area contributed by atoms with Gasteiger partial charge < -0.3 is 4.42 Å². The first-order chi connectivity index (χ1) is 8.49. The quantitative estimate of drug-likeness (QED) is 0.769. The highest BCUT2D eigenvalue weighted by molar-refractivity contribution is 9.10. The Bertz CT molecular complexity index is 566. The van der Waals surface area contributed by atoms with Crippen LogP contribution in [0, 0.1) is 12.8 Å². The fraction of sp³-hybridized carbons (Fsp3) is 0.385. The van der Waals surface area contributed by atoms with Gasteiger partial charge in [0, 0.05) is 0 Å². The van der Waals surface area contributed by atoms with Crippen molar-refractivity contribution < 1.29 is 4.42 Å². The molecule has 0 fully saturated rings. The number of aromatic nitrogens is 2. The Balaban J connectivity index is 2.51. The molecular weight excluding hydrogens is 316 g/mol. The molecule has 2 aromatic rings. The van der Waals surface area contributed by atoms with E-state index in [2.05, 4.69) is 39.7 Å². The van der Waals surface area contributed by atoms with Crippen LogP contribution in [0.4, 0.5) is 0 Å². The molecule has 0 spiro atoms. The van der Waals surface area contributed by atoms with E-state index in [0.717, 1.165) is 27.9 Å². The van der Waals surface area contributed by atoms with E-state index in [1.54, 1.807) is 6.26 Å². The minimum atomic E-state index is 0.441. The molecule has 3 nitrogen and oxygen atoms in total. The van der Waals surface area contributed by atoms with Crippen molar-refractivity contribution in [3.63, 3.8) is 0 Å². The van der Waals surface area contributed by atoms with E-state index >= 15 is 0 Å². The second-order valence-corrected chi connectivity index (χ2v) is 5.74. The molecule has 18 heavy (non-hydrogen) atoms. The predicted octanol–water partition coefficient (Wildman–Crippen LogP) is 4.66. The molecule has 2 aromatic heterocycles. The van der Waals surface area contributed by atoms with Crippen molar-refractivity contribution in [3.8, 4) is 11.4 Å². The van der Waals surface area contributed by atoms with Crippen molar-refractivity contribution in [3.05, 3.63) is 33.4 Å². The number of halogens is 2. The maximum Gasteiger partial charge on any atom is 0.164 e. The van der Waals surface area contributed by atoms with Gasteiger partial charge in [0.15, 0.2) is 5.82 Å². The fourth-order valence-electron chi connectivity index (χ4n) is 1.72. The van der Waals surface area contributed by atoms with E-state index in [9.17, 15) is 0 Å². The van der Waals surface area contributed by atoms with Gasteiger partial charge in [-0.1, -0.05) is 25.4 Å². The molecule has 0 aliphatic heterocycles. The highest BCUT2D eigenvalue weighted by Gasteiger charge is 2.15. The van der Waals surface area contributed by atoms with Crippen molar-refractivity contribution in [2.45, 2.75) is 27.2 Å². The summed E-state index contributed by atoms with van der Waals surface area (Å²) in [6, 6.07) is 1.86. The minimum absolute atomic E-state index is 0.441. The molecule has 0 atom stereocenters. The Morgan fingerprint density at radius 3 is 2.67 bits per heavy atom. The van der Waals surface area contributed by atoms with Crippen LogP contribution in [0.1, 0.15) is 25.3 Å². The zero-order chi connectivity index (χ0) is 13.3. The second kappa shape index (κ2) is 5.41. The molecule has 5 heteroatoms. The molecule has 0 N–H and O–H groups in total. The highest BCUT2D eigenvalue weighted by atomic mass is 79.9. The summed E-state index contributed by atoms with van der Waals surface area (Å²) < 4.78 is 6.06. The van der Waals surface area contributed by atoms with Crippen LogP contribution in [0.2, 0.25) is 5.15 Å². The summed E-state index contributed by atoms with van der Waals surface area (Å²) in [4.78, 5) is 8.87. The summed E-state index contributed by atoms with van der Waals surface area (Å²) in [5.41, 5.74) is 1.81. The van der Waals surface area contributed by atoms with Crippen LogP contribution >= 0.6 is 27.5 Å². The van der Waals surface area contributed by atoms with Crippen LogP contribution in [-0.2, 0) is 6.42 Å². The van der Waals surface area contributed by atoms with Crippen LogP contribution in [0.25, 0.3) is 11.4 Å². The van der Waals surface area contributed by atoms with Gasteiger partial charge in [-0.15, -0.1) is 0 Å². The molecule has 0 unspecified atom stereocenters. The van der Waals surface area contributed by atoms with Crippen LogP contribution < -0.4 is 0 Å². The molecule has 2 rings (SSSR count). The van der Waals surface area contributed by atoms with Gasteiger partial charge in [0.25, 0.3) is 0 Å². The van der Waals surface area contributed by atoms with Crippen molar-refractivity contribution in [2.24, 2.45) is 5.92 Å². The Morgan fingerprint density at radius 1 is 1.39 bits per heavy atom. The summed E-state index contributed by atoms with van der Waals surface area (Å²) in [7, 11) is 0. The van der Waals surface area contributed by atoms with Crippen LogP contribution in [0.5, 0.6) is 0 Å². The third-order valence-electron chi connectivity index (χ3n) is 2.58. The third-order valence-corrected chi connectivity index (χ3v) is 3.92. The van der Waals surface area contributed by atoms with E-state index in [1.165, 1.54) is 0 Å². The Morgan fingerprint density at radius 2 is 2.11 bits per heavy atom. The van der Waals surface area contributed by atoms with Gasteiger partial charge in [0.05, 0.1) is 22.0 Å². The molecular formula is C13H14BrClN2O. The molecule has 2 heterocycles. The summed E-state index contributed by atoms with van der Waals surface area (Å²) >= 11 is 9.59. The number of hydrogen-bond acceptors (Lipinski definition) is 3. The molecule has 96 valence electrons. The maximum atomic E-state index is 6.14. The zero-order valence-electron chi connectivity index (χ0n) is 10.5. The van der Waals surface area contributed by atoms with Gasteiger partial charge in [-0.25, -0.2) is 9.97 Å². The third kappa shape index (κ3) is 2.75. The van der Waals surface area contributed by atoms with Gasteiger partial charge in [-0.2, -0.15) is 0 Å². The van der Waals surface area contributed by atoms with Gasteiger partial charge in [-0.3, -0.25) is 0 Å². The minimum Gasteiger partial charge on any atom is -0.469 e.